The largest absolute Gasteiger partial charge is 0.478 e. The molecule has 0 radical (unpaired) electrons. The molecule has 7 nitrogen and oxygen atoms in total. The van der Waals surface area contributed by atoms with Crippen LogP contribution in [0.3, 0.4) is 0 Å². The molecule has 2 aromatic heterocycles. The fourth-order valence-corrected chi connectivity index (χ4v) is 4.48. The molecule has 33 heavy (non-hydrogen) atoms. The van der Waals surface area contributed by atoms with Gasteiger partial charge >= 0.3 is 11.7 Å². The molecule has 1 N–H and O–H groups in total. The first kappa shape index (κ1) is 21.2. The number of carboxylic acids is 1. The van der Waals surface area contributed by atoms with Gasteiger partial charge in [0.05, 0.1) is 27.3 Å². The van der Waals surface area contributed by atoms with Gasteiger partial charge in [0.2, 0.25) is 0 Å². The number of benzene rings is 2. The maximum atomic E-state index is 14.3. The van der Waals surface area contributed by atoms with Crippen molar-refractivity contribution in [2.75, 3.05) is 19.0 Å². The maximum Gasteiger partial charge on any atom is 0.335 e. The van der Waals surface area contributed by atoms with Crippen LogP contribution in [0.25, 0.3) is 16.9 Å². The first-order valence-electron chi connectivity index (χ1n) is 10.3. The third-order valence-corrected chi connectivity index (χ3v) is 6.31. The zero-order chi connectivity index (χ0) is 23.5. The lowest BCUT2D eigenvalue weighted by molar-refractivity contribution is 0.0696. The van der Waals surface area contributed by atoms with E-state index in [1.54, 1.807) is 10.6 Å². The summed E-state index contributed by atoms with van der Waals surface area (Å²) in [6, 6.07) is 12.8. The molecule has 1 saturated carbocycles. The summed E-state index contributed by atoms with van der Waals surface area (Å²) < 4.78 is 17.4. The molecule has 1 aliphatic carbocycles. The number of halogens is 2. The monoisotopic (exact) mass is 466 g/mol. The van der Waals surface area contributed by atoms with Crippen molar-refractivity contribution in [2.24, 2.45) is 0 Å². The van der Waals surface area contributed by atoms with Gasteiger partial charge in [0, 0.05) is 26.0 Å². The van der Waals surface area contributed by atoms with Gasteiger partial charge in [-0.2, -0.15) is 0 Å². The topological polar surface area (TPSA) is 80.4 Å². The molecule has 0 saturated heterocycles. The molecule has 168 valence electrons. The quantitative estimate of drug-likeness (QED) is 0.475. The van der Waals surface area contributed by atoms with E-state index in [1.807, 2.05) is 43.3 Å². The third-order valence-electron chi connectivity index (χ3n) is 6.11. The highest BCUT2D eigenvalue weighted by Gasteiger charge is 2.49. The van der Waals surface area contributed by atoms with Crippen LogP contribution in [0.15, 0.2) is 59.5 Å². The summed E-state index contributed by atoms with van der Waals surface area (Å²) in [6.45, 7) is 0. The van der Waals surface area contributed by atoms with Crippen LogP contribution in [0.4, 0.5) is 10.1 Å². The van der Waals surface area contributed by atoms with Crippen molar-refractivity contribution >= 4 is 34.4 Å². The number of pyridine rings is 1. The van der Waals surface area contributed by atoms with Gasteiger partial charge in [-0.25, -0.2) is 19.0 Å². The molecular weight excluding hydrogens is 447 g/mol. The van der Waals surface area contributed by atoms with Gasteiger partial charge in [-0.1, -0.05) is 11.6 Å². The predicted molar refractivity (Wildman–Crippen MR) is 124 cm³/mol. The Bertz CT molecular complexity index is 1470. The Labute approximate surface area is 193 Å². The Balaban J connectivity index is 1.76. The van der Waals surface area contributed by atoms with E-state index in [4.69, 9.17) is 11.6 Å². The molecule has 0 bridgehead atoms. The molecular formula is C24H20ClFN4O3. The van der Waals surface area contributed by atoms with E-state index < -0.39 is 17.3 Å². The number of aromatic nitrogens is 3. The van der Waals surface area contributed by atoms with Crippen molar-refractivity contribution in [3.63, 3.8) is 0 Å². The number of carbonyl (C=O) groups is 1. The van der Waals surface area contributed by atoms with Crippen LogP contribution in [0.5, 0.6) is 0 Å². The van der Waals surface area contributed by atoms with Gasteiger partial charge in [0.15, 0.2) is 5.65 Å². The molecule has 0 spiro atoms. The minimum absolute atomic E-state index is 0.164. The standard InChI is InChI=1S/C24H20ClFN4O3/c1-28(2)18-3-5-19(6-4-18)29-20-12-16(25)13-27-21(20)30(23(29)33)24(7-8-24)15-9-14(22(31)32)10-17(26)11-15/h3-6,9-13H,7-8H2,1-2H3,(H,31,32). The summed E-state index contributed by atoms with van der Waals surface area (Å²) in [5.74, 6) is -1.89. The van der Waals surface area contributed by atoms with E-state index >= 15 is 0 Å². The van der Waals surface area contributed by atoms with Crippen LogP contribution in [0.1, 0.15) is 28.8 Å². The lowest BCUT2D eigenvalue weighted by Gasteiger charge is -2.18. The van der Waals surface area contributed by atoms with Crippen molar-refractivity contribution in [1.82, 2.24) is 14.1 Å². The van der Waals surface area contributed by atoms with Crippen LogP contribution < -0.4 is 10.6 Å². The first-order chi connectivity index (χ1) is 15.7. The summed E-state index contributed by atoms with van der Waals surface area (Å²) in [5, 5.41) is 9.77. The van der Waals surface area contributed by atoms with E-state index in [0.717, 1.165) is 11.8 Å². The molecule has 9 heteroatoms. The average molecular weight is 467 g/mol. The number of carboxylic acid groups (broad SMARTS) is 1. The summed E-state index contributed by atoms with van der Waals surface area (Å²) in [5.41, 5.74) is 1.58. The molecule has 4 aromatic rings. The van der Waals surface area contributed by atoms with Gasteiger partial charge in [-0.3, -0.25) is 9.13 Å². The second kappa shape index (κ2) is 7.45. The minimum Gasteiger partial charge on any atom is -0.478 e. The number of anilines is 1. The van der Waals surface area contributed by atoms with Gasteiger partial charge < -0.3 is 10.0 Å². The van der Waals surface area contributed by atoms with Gasteiger partial charge in [-0.05, 0) is 66.9 Å². The highest BCUT2D eigenvalue weighted by atomic mass is 35.5. The van der Waals surface area contributed by atoms with E-state index in [9.17, 15) is 19.1 Å². The van der Waals surface area contributed by atoms with Crippen molar-refractivity contribution in [2.45, 2.75) is 18.4 Å². The Kier molecular flexibility index (Phi) is 4.79. The number of nitrogens with zero attached hydrogens (tertiary/aromatic N) is 4. The van der Waals surface area contributed by atoms with Crippen molar-refractivity contribution in [3.8, 4) is 5.69 Å². The van der Waals surface area contributed by atoms with Crippen LogP contribution in [0, 0.1) is 5.82 Å². The summed E-state index contributed by atoms with van der Waals surface area (Å²) in [4.78, 5) is 31.7. The van der Waals surface area contributed by atoms with Crippen LogP contribution in [-0.2, 0) is 5.54 Å². The van der Waals surface area contributed by atoms with Crippen molar-refractivity contribution < 1.29 is 14.3 Å². The predicted octanol–water partition coefficient (Wildman–Crippen LogP) is 4.28. The highest BCUT2D eigenvalue weighted by molar-refractivity contribution is 6.31. The second-order valence-corrected chi connectivity index (χ2v) is 8.86. The second-order valence-electron chi connectivity index (χ2n) is 8.43. The number of hydrogen-bond acceptors (Lipinski definition) is 4. The lowest BCUT2D eigenvalue weighted by Crippen LogP contribution is -2.32. The van der Waals surface area contributed by atoms with Crippen LogP contribution in [-0.4, -0.2) is 39.3 Å². The molecule has 2 heterocycles. The van der Waals surface area contributed by atoms with E-state index in [0.29, 0.717) is 40.3 Å². The van der Waals surface area contributed by atoms with E-state index in [1.165, 1.54) is 22.9 Å². The molecule has 5 rings (SSSR count). The smallest absolute Gasteiger partial charge is 0.335 e. The summed E-state index contributed by atoms with van der Waals surface area (Å²) in [7, 11) is 3.86. The minimum atomic E-state index is -1.23. The molecule has 2 aromatic carbocycles. The van der Waals surface area contributed by atoms with E-state index in [2.05, 4.69) is 4.98 Å². The molecule has 1 fully saturated rings. The number of fused-ring (bicyclic) bond motifs is 1. The number of aromatic carboxylic acids is 1. The number of imidazole rings is 1. The molecule has 1 aliphatic rings. The number of rotatable bonds is 5. The van der Waals surface area contributed by atoms with Crippen molar-refractivity contribution in [3.05, 3.63) is 87.2 Å². The fourth-order valence-electron chi connectivity index (χ4n) is 4.33. The van der Waals surface area contributed by atoms with Crippen molar-refractivity contribution in [1.29, 1.82) is 0 Å². The molecule has 0 atom stereocenters. The summed E-state index contributed by atoms with van der Waals surface area (Å²) >= 11 is 6.22. The fraction of sp³-hybridized carbons (Fsp3) is 0.208. The average Bonchev–Trinajstić information content (AvgIpc) is 3.52. The molecule has 0 amide bonds. The lowest BCUT2D eigenvalue weighted by atomic mass is 10.0. The van der Waals surface area contributed by atoms with Gasteiger partial charge in [0.1, 0.15) is 5.82 Å². The zero-order valence-corrected chi connectivity index (χ0v) is 18.7. The maximum absolute atomic E-state index is 14.3. The van der Waals surface area contributed by atoms with E-state index in [-0.39, 0.29) is 11.3 Å². The highest BCUT2D eigenvalue weighted by Crippen LogP contribution is 2.50. The SMILES string of the molecule is CN(C)c1ccc(-n2c(=O)n(C3(c4cc(F)cc(C(=O)O)c4)CC3)c3ncc(Cl)cc32)cc1. The van der Waals surface area contributed by atoms with Crippen LogP contribution >= 0.6 is 11.6 Å². The zero-order valence-electron chi connectivity index (χ0n) is 17.9. The molecule has 0 unspecified atom stereocenters. The van der Waals surface area contributed by atoms with Gasteiger partial charge in [0.25, 0.3) is 0 Å². The molecule has 0 aliphatic heterocycles. The van der Waals surface area contributed by atoms with Crippen LogP contribution in [0.2, 0.25) is 5.02 Å². The Morgan fingerprint density at radius 3 is 2.45 bits per heavy atom. The first-order valence-corrected chi connectivity index (χ1v) is 10.7. The van der Waals surface area contributed by atoms with Gasteiger partial charge in [-0.15, -0.1) is 0 Å². The number of hydrogen-bond donors (Lipinski definition) is 1. The Hall–Kier alpha value is -3.65. The Morgan fingerprint density at radius 1 is 1.15 bits per heavy atom. The Morgan fingerprint density at radius 2 is 1.85 bits per heavy atom. The third kappa shape index (κ3) is 3.38. The summed E-state index contributed by atoms with van der Waals surface area (Å²) in [6.07, 6.45) is 2.57. The normalized spacial score (nSPS) is 14.4.